The Hall–Kier alpha value is -1.43. The molecule has 0 amide bonds. The third-order valence-electron chi connectivity index (χ3n) is 4.38. The summed E-state index contributed by atoms with van der Waals surface area (Å²) in [6.07, 6.45) is 0.665. The van der Waals surface area contributed by atoms with Crippen molar-refractivity contribution in [1.82, 2.24) is 15.0 Å². The van der Waals surface area contributed by atoms with Gasteiger partial charge in [-0.15, -0.1) is 0 Å². The van der Waals surface area contributed by atoms with Crippen LogP contribution in [-0.4, -0.2) is 46.2 Å². The summed E-state index contributed by atoms with van der Waals surface area (Å²) in [5.41, 5.74) is 2.65. The SMILES string of the molecule is Cc1c(OCC2OCC(F)(F)CO2)ccnc1CS(=O)c1nc2ccccc2[n-]1.[Na+]. The molecule has 1 unspecified atom stereocenters. The number of rotatable bonds is 6. The Labute approximate surface area is 196 Å². The zero-order valence-corrected chi connectivity index (χ0v) is 19.3. The fourth-order valence-corrected chi connectivity index (χ4v) is 3.88. The van der Waals surface area contributed by atoms with E-state index in [1.165, 1.54) is 6.20 Å². The molecule has 7 nitrogen and oxygen atoms in total. The van der Waals surface area contributed by atoms with Gasteiger partial charge in [0.1, 0.15) is 25.6 Å². The van der Waals surface area contributed by atoms with Crippen molar-refractivity contribution in [2.24, 2.45) is 0 Å². The zero-order valence-electron chi connectivity index (χ0n) is 16.5. The molecule has 1 aliphatic heterocycles. The van der Waals surface area contributed by atoms with Gasteiger partial charge < -0.3 is 24.2 Å². The molecule has 4 rings (SSSR count). The molecular formula is C19H18F2N3NaO4S. The minimum Gasteiger partial charge on any atom is -0.488 e. The van der Waals surface area contributed by atoms with Crippen LogP contribution in [0, 0.1) is 6.92 Å². The number of halogens is 2. The molecule has 2 aromatic heterocycles. The quantitative estimate of drug-likeness (QED) is 0.477. The first-order valence-electron chi connectivity index (χ1n) is 8.87. The summed E-state index contributed by atoms with van der Waals surface area (Å²) in [5, 5.41) is 0.253. The van der Waals surface area contributed by atoms with Gasteiger partial charge in [0, 0.05) is 16.9 Å². The molecular weight excluding hydrogens is 427 g/mol. The third-order valence-corrected chi connectivity index (χ3v) is 5.51. The average Bonchev–Trinajstić information content (AvgIpc) is 3.14. The van der Waals surface area contributed by atoms with Crippen molar-refractivity contribution in [1.29, 1.82) is 0 Å². The van der Waals surface area contributed by atoms with E-state index >= 15 is 0 Å². The fraction of sp³-hybridized carbons (Fsp3) is 0.368. The van der Waals surface area contributed by atoms with Crippen LogP contribution in [0.15, 0.2) is 41.7 Å². The number of para-hydroxylation sites is 2. The van der Waals surface area contributed by atoms with E-state index in [1.807, 2.05) is 24.3 Å². The second-order valence-corrected chi connectivity index (χ2v) is 7.93. The van der Waals surface area contributed by atoms with Crippen molar-refractivity contribution in [3.63, 3.8) is 0 Å². The second-order valence-electron chi connectivity index (χ2n) is 6.58. The summed E-state index contributed by atoms with van der Waals surface area (Å²) in [4.78, 5) is 12.9. The van der Waals surface area contributed by atoms with Crippen molar-refractivity contribution in [3.8, 4) is 5.75 Å². The van der Waals surface area contributed by atoms with E-state index in [2.05, 4.69) is 15.0 Å². The van der Waals surface area contributed by atoms with Crippen LogP contribution in [-0.2, 0) is 26.0 Å². The number of aromatic nitrogens is 3. The van der Waals surface area contributed by atoms with Crippen molar-refractivity contribution < 1.29 is 56.8 Å². The van der Waals surface area contributed by atoms with Crippen molar-refractivity contribution >= 4 is 21.8 Å². The molecule has 0 aliphatic carbocycles. The number of hydrogen-bond donors (Lipinski definition) is 0. The number of ether oxygens (including phenoxy) is 3. The maximum absolute atomic E-state index is 13.0. The normalized spacial score (nSPS) is 17.4. The Bertz CT molecular complexity index is 1010. The molecule has 0 saturated carbocycles. The molecule has 154 valence electrons. The van der Waals surface area contributed by atoms with Gasteiger partial charge in [-0.05, 0) is 24.0 Å². The van der Waals surface area contributed by atoms with Crippen LogP contribution < -0.4 is 39.3 Å². The van der Waals surface area contributed by atoms with E-state index in [1.54, 1.807) is 13.0 Å². The first-order valence-corrected chi connectivity index (χ1v) is 10.2. The van der Waals surface area contributed by atoms with Crippen LogP contribution in [0.3, 0.4) is 0 Å². The van der Waals surface area contributed by atoms with Gasteiger partial charge in [0.25, 0.3) is 5.92 Å². The molecule has 1 atom stereocenters. The molecule has 3 aromatic rings. The zero-order chi connectivity index (χ0) is 20.4. The fourth-order valence-electron chi connectivity index (χ4n) is 2.81. The number of nitrogens with zero attached hydrogens (tertiary/aromatic N) is 3. The molecule has 0 N–H and O–H groups in total. The van der Waals surface area contributed by atoms with Gasteiger partial charge in [-0.3, -0.25) is 9.19 Å². The van der Waals surface area contributed by atoms with Gasteiger partial charge in [0.15, 0.2) is 6.29 Å². The van der Waals surface area contributed by atoms with E-state index < -0.39 is 36.2 Å². The van der Waals surface area contributed by atoms with Gasteiger partial charge in [-0.1, -0.05) is 24.3 Å². The standard InChI is InChI=1S/C19H18F2N3O4S.Na/c1-12-15(9-29(25)18-23-13-4-2-3-5-14(13)24-18)22-7-6-16(12)26-8-17-27-10-19(20,21)11-28-17;/h2-7,17H,8-11H2,1H3;/q-1;+1. The minimum atomic E-state index is -2.98. The Kier molecular flexibility index (Phi) is 7.59. The number of fused-ring (bicyclic) bond motifs is 1. The predicted molar refractivity (Wildman–Crippen MR) is 100 cm³/mol. The van der Waals surface area contributed by atoms with Gasteiger partial charge >= 0.3 is 29.6 Å². The topological polar surface area (TPSA) is 84.6 Å². The summed E-state index contributed by atoms with van der Waals surface area (Å²) in [7, 11) is -1.48. The molecule has 1 saturated heterocycles. The molecule has 1 aliphatic rings. The summed E-state index contributed by atoms with van der Waals surface area (Å²) >= 11 is 0. The summed E-state index contributed by atoms with van der Waals surface area (Å²) in [6, 6.07) is 8.96. The van der Waals surface area contributed by atoms with Gasteiger partial charge in [0.05, 0.1) is 22.2 Å². The van der Waals surface area contributed by atoms with Crippen molar-refractivity contribution in [2.75, 3.05) is 19.8 Å². The largest absolute Gasteiger partial charge is 1.00 e. The number of imidazole rings is 1. The Balaban J connectivity index is 0.00000256. The van der Waals surface area contributed by atoms with Crippen molar-refractivity contribution in [2.45, 2.75) is 30.0 Å². The smallest absolute Gasteiger partial charge is 0.488 e. The number of benzene rings is 1. The molecule has 1 fully saturated rings. The van der Waals surface area contributed by atoms with Gasteiger partial charge in [0.2, 0.25) is 0 Å². The molecule has 11 heteroatoms. The maximum atomic E-state index is 13.0. The number of alkyl halides is 2. The van der Waals surface area contributed by atoms with Gasteiger partial charge in [-0.2, -0.15) is 0 Å². The van der Waals surface area contributed by atoms with Crippen molar-refractivity contribution in [3.05, 3.63) is 47.8 Å². The van der Waals surface area contributed by atoms with E-state index in [-0.39, 0.29) is 47.1 Å². The molecule has 3 heterocycles. The summed E-state index contributed by atoms with van der Waals surface area (Å²) in [6.45, 7) is 0.345. The predicted octanol–water partition coefficient (Wildman–Crippen LogP) is -0.406. The van der Waals surface area contributed by atoms with Crippen LogP contribution in [0.1, 0.15) is 11.3 Å². The van der Waals surface area contributed by atoms with Crippen LogP contribution in [0.5, 0.6) is 5.75 Å². The number of pyridine rings is 1. The van der Waals surface area contributed by atoms with Crippen LogP contribution in [0.4, 0.5) is 8.78 Å². The summed E-state index contributed by atoms with van der Waals surface area (Å²) in [5.74, 6) is -2.36. The van der Waals surface area contributed by atoms with Crippen LogP contribution in [0.25, 0.3) is 11.0 Å². The third kappa shape index (κ3) is 5.43. The van der Waals surface area contributed by atoms with E-state index in [4.69, 9.17) is 14.2 Å². The van der Waals surface area contributed by atoms with Crippen LogP contribution >= 0.6 is 0 Å². The molecule has 0 bridgehead atoms. The minimum absolute atomic E-state index is 0. The molecule has 30 heavy (non-hydrogen) atoms. The Morgan fingerprint density at radius 1 is 1.27 bits per heavy atom. The second kappa shape index (κ2) is 9.80. The molecule has 1 aromatic carbocycles. The van der Waals surface area contributed by atoms with E-state index in [9.17, 15) is 13.0 Å². The first-order chi connectivity index (χ1) is 13.9. The Morgan fingerprint density at radius 3 is 2.73 bits per heavy atom. The monoisotopic (exact) mass is 445 g/mol. The maximum Gasteiger partial charge on any atom is 1.00 e. The summed E-state index contributed by atoms with van der Waals surface area (Å²) < 4.78 is 54.4. The van der Waals surface area contributed by atoms with E-state index in [0.717, 1.165) is 0 Å². The first kappa shape index (κ1) is 23.2. The Morgan fingerprint density at radius 2 is 2.00 bits per heavy atom. The average molecular weight is 445 g/mol. The molecule has 0 radical (unpaired) electrons. The van der Waals surface area contributed by atoms with Gasteiger partial charge in [-0.25, -0.2) is 8.78 Å². The molecule has 0 spiro atoms. The van der Waals surface area contributed by atoms with E-state index in [0.29, 0.717) is 28.0 Å². The van der Waals surface area contributed by atoms with Crippen LogP contribution in [0.2, 0.25) is 0 Å². The number of hydrogen-bond acceptors (Lipinski definition) is 6.